The predicted molar refractivity (Wildman–Crippen MR) is 112 cm³/mol. The van der Waals surface area contributed by atoms with E-state index in [-0.39, 0.29) is 11.3 Å². The van der Waals surface area contributed by atoms with Crippen molar-refractivity contribution in [2.75, 3.05) is 0 Å². The molecule has 8 nitrogen and oxygen atoms in total. The Balaban J connectivity index is 2.01. The van der Waals surface area contributed by atoms with Crippen LogP contribution in [0, 0.1) is 10.1 Å². The molecule has 1 heterocycles. The summed E-state index contributed by atoms with van der Waals surface area (Å²) in [6.07, 6.45) is 0. The highest BCUT2D eigenvalue weighted by Gasteiger charge is 2.30. The molecule has 3 aromatic carbocycles. The van der Waals surface area contributed by atoms with Crippen molar-refractivity contribution in [3.05, 3.63) is 112 Å². The fraction of sp³-hybridized carbons (Fsp3) is 0. The van der Waals surface area contributed by atoms with Crippen LogP contribution in [0.2, 0.25) is 0 Å². The highest BCUT2D eigenvalue weighted by molar-refractivity contribution is 6.17. The molecule has 0 aliphatic heterocycles. The Labute approximate surface area is 176 Å². The molecule has 0 atom stereocenters. The topological polar surface area (TPSA) is 115 Å². The van der Waals surface area contributed by atoms with E-state index < -0.39 is 22.4 Å². The lowest BCUT2D eigenvalue weighted by atomic mass is 9.97. The third-order valence-corrected chi connectivity index (χ3v) is 4.70. The van der Waals surface area contributed by atoms with E-state index in [0.717, 1.165) is 0 Å². The maximum Gasteiger partial charge on any atom is 0.357 e. The van der Waals surface area contributed by atoms with Crippen LogP contribution in [0.5, 0.6) is 0 Å². The Morgan fingerprint density at radius 1 is 0.871 bits per heavy atom. The second kappa shape index (κ2) is 8.03. The van der Waals surface area contributed by atoms with Crippen LogP contribution in [-0.4, -0.2) is 31.6 Å². The van der Waals surface area contributed by atoms with Gasteiger partial charge in [0.15, 0.2) is 11.5 Å². The molecule has 0 spiro atoms. The van der Waals surface area contributed by atoms with Crippen molar-refractivity contribution < 1.29 is 19.6 Å². The normalized spacial score (nSPS) is 10.6. The highest BCUT2D eigenvalue weighted by Crippen LogP contribution is 2.31. The first-order valence-corrected chi connectivity index (χ1v) is 9.23. The smallest absolute Gasteiger partial charge is 0.357 e. The minimum Gasteiger partial charge on any atom is -0.476 e. The molecule has 0 amide bonds. The molecule has 0 radical (unpaired) electrons. The summed E-state index contributed by atoms with van der Waals surface area (Å²) in [5, 5.41) is 25.0. The number of aromatic carboxylic acids is 1. The molecule has 0 unspecified atom stereocenters. The summed E-state index contributed by atoms with van der Waals surface area (Å²) in [4.78, 5) is 35.8. The van der Waals surface area contributed by atoms with Crippen LogP contribution in [0.25, 0.3) is 16.9 Å². The minimum absolute atomic E-state index is 0.0525. The van der Waals surface area contributed by atoms with Crippen molar-refractivity contribution in [1.29, 1.82) is 0 Å². The molecular formula is C23H15N3O5. The Hall–Kier alpha value is -4.59. The van der Waals surface area contributed by atoms with Crippen molar-refractivity contribution in [3.8, 4) is 16.9 Å². The van der Waals surface area contributed by atoms with Gasteiger partial charge in [-0.3, -0.25) is 14.9 Å². The zero-order valence-corrected chi connectivity index (χ0v) is 16.0. The van der Waals surface area contributed by atoms with Gasteiger partial charge in [-0.2, -0.15) is 5.10 Å². The van der Waals surface area contributed by atoms with Gasteiger partial charge >= 0.3 is 5.97 Å². The maximum atomic E-state index is 13.3. The number of rotatable bonds is 6. The zero-order valence-electron chi connectivity index (χ0n) is 16.0. The summed E-state index contributed by atoms with van der Waals surface area (Å²) < 4.78 is 1.33. The van der Waals surface area contributed by atoms with E-state index in [1.807, 2.05) is 0 Å². The molecule has 0 aliphatic carbocycles. The van der Waals surface area contributed by atoms with Crippen LogP contribution >= 0.6 is 0 Å². The molecular weight excluding hydrogens is 398 g/mol. The minimum atomic E-state index is -1.35. The fourth-order valence-electron chi connectivity index (χ4n) is 3.28. The largest absolute Gasteiger partial charge is 0.476 e. The van der Waals surface area contributed by atoms with E-state index >= 15 is 0 Å². The first-order chi connectivity index (χ1) is 15.0. The number of carboxylic acid groups (broad SMARTS) is 1. The van der Waals surface area contributed by atoms with E-state index in [0.29, 0.717) is 22.5 Å². The van der Waals surface area contributed by atoms with Crippen LogP contribution in [0.1, 0.15) is 26.4 Å². The Morgan fingerprint density at radius 2 is 1.45 bits per heavy atom. The highest BCUT2D eigenvalue weighted by atomic mass is 16.6. The molecule has 1 N–H and O–H groups in total. The van der Waals surface area contributed by atoms with E-state index in [1.165, 1.54) is 28.9 Å². The van der Waals surface area contributed by atoms with Gasteiger partial charge < -0.3 is 5.11 Å². The van der Waals surface area contributed by atoms with Crippen LogP contribution in [-0.2, 0) is 0 Å². The molecule has 0 saturated carbocycles. The van der Waals surface area contributed by atoms with Gasteiger partial charge in [0.1, 0.15) is 0 Å². The SMILES string of the molecule is O=C(O)c1nn(-c2ccc([N+](=O)[O-])cc2)c(-c2ccccc2)c1C(=O)c1ccccc1. The third-order valence-electron chi connectivity index (χ3n) is 4.70. The van der Waals surface area contributed by atoms with Crippen LogP contribution < -0.4 is 0 Å². The average molecular weight is 413 g/mol. The van der Waals surface area contributed by atoms with Gasteiger partial charge in [-0.15, -0.1) is 0 Å². The summed E-state index contributed by atoms with van der Waals surface area (Å²) in [6.45, 7) is 0. The monoisotopic (exact) mass is 413 g/mol. The number of carbonyl (C=O) groups excluding carboxylic acids is 1. The number of hydrogen-bond acceptors (Lipinski definition) is 5. The van der Waals surface area contributed by atoms with E-state index in [4.69, 9.17) is 0 Å². The molecule has 0 aliphatic rings. The number of hydrogen-bond donors (Lipinski definition) is 1. The maximum absolute atomic E-state index is 13.3. The number of aromatic nitrogens is 2. The second-order valence-electron chi connectivity index (χ2n) is 6.62. The summed E-state index contributed by atoms with van der Waals surface area (Å²) in [5.74, 6) is -1.83. The second-order valence-corrected chi connectivity index (χ2v) is 6.62. The number of carbonyl (C=O) groups is 2. The van der Waals surface area contributed by atoms with Gasteiger partial charge in [0.25, 0.3) is 5.69 Å². The Morgan fingerprint density at radius 3 is 2.00 bits per heavy atom. The third kappa shape index (κ3) is 3.69. The van der Waals surface area contributed by atoms with Gasteiger partial charge in [0.05, 0.1) is 21.9 Å². The predicted octanol–water partition coefficient (Wildman–Crippen LogP) is 4.38. The number of nitro groups is 1. The first kappa shape index (κ1) is 19.7. The fourth-order valence-corrected chi connectivity index (χ4v) is 3.28. The standard InChI is InChI=1S/C23H15N3O5/c27-22(16-9-5-2-6-10-16)19-20(23(28)29)24-25(21(19)15-7-3-1-4-8-15)17-11-13-18(14-12-17)26(30)31/h1-14H,(H,28,29). The first-order valence-electron chi connectivity index (χ1n) is 9.23. The van der Waals surface area contributed by atoms with Gasteiger partial charge in [-0.05, 0) is 12.1 Å². The number of non-ortho nitro benzene ring substituents is 1. The number of benzene rings is 3. The molecule has 0 bridgehead atoms. The molecule has 31 heavy (non-hydrogen) atoms. The van der Waals surface area contributed by atoms with Crippen LogP contribution in [0.4, 0.5) is 5.69 Å². The molecule has 1 aromatic heterocycles. The van der Waals surface area contributed by atoms with Gasteiger partial charge in [-0.1, -0.05) is 60.7 Å². The van der Waals surface area contributed by atoms with Crippen LogP contribution in [0.15, 0.2) is 84.9 Å². The quantitative estimate of drug-likeness (QED) is 0.285. The van der Waals surface area contributed by atoms with E-state index in [9.17, 15) is 24.8 Å². The molecule has 152 valence electrons. The number of ketones is 1. The number of nitrogens with zero attached hydrogens (tertiary/aromatic N) is 3. The summed E-state index contributed by atoms with van der Waals surface area (Å²) in [5.41, 5.74) is 1.02. The molecule has 4 aromatic rings. The zero-order chi connectivity index (χ0) is 22.0. The van der Waals surface area contributed by atoms with Crippen molar-refractivity contribution in [1.82, 2.24) is 9.78 Å². The van der Waals surface area contributed by atoms with Gasteiger partial charge in [0.2, 0.25) is 0 Å². The molecule has 4 rings (SSSR count). The van der Waals surface area contributed by atoms with E-state index in [2.05, 4.69) is 5.10 Å². The lowest BCUT2D eigenvalue weighted by Gasteiger charge is -2.10. The average Bonchev–Trinajstić information content (AvgIpc) is 3.21. The van der Waals surface area contributed by atoms with Crippen LogP contribution in [0.3, 0.4) is 0 Å². The van der Waals surface area contributed by atoms with E-state index in [1.54, 1.807) is 60.7 Å². The van der Waals surface area contributed by atoms with Crippen molar-refractivity contribution in [3.63, 3.8) is 0 Å². The lowest BCUT2D eigenvalue weighted by Crippen LogP contribution is -2.09. The van der Waals surface area contributed by atoms with Gasteiger partial charge in [-0.25, -0.2) is 9.48 Å². The van der Waals surface area contributed by atoms with Crippen molar-refractivity contribution in [2.24, 2.45) is 0 Å². The Kier molecular flexibility index (Phi) is 5.11. The summed E-state index contributed by atoms with van der Waals surface area (Å²) in [7, 11) is 0. The lowest BCUT2D eigenvalue weighted by molar-refractivity contribution is -0.384. The number of carboxylic acids is 1. The summed E-state index contributed by atoms with van der Waals surface area (Å²) >= 11 is 0. The molecule has 0 saturated heterocycles. The van der Waals surface area contributed by atoms with Crippen molar-refractivity contribution >= 4 is 17.4 Å². The molecule has 8 heteroatoms. The summed E-state index contributed by atoms with van der Waals surface area (Å²) in [6, 6.07) is 22.7. The Bertz CT molecular complexity index is 1280. The number of nitro benzene ring substituents is 1. The molecule has 0 fully saturated rings. The van der Waals surface area contributed by atoms with Crippen molar-refractivity contribution in [2.45, 2.75) is 0 Å². The van der Waals surface area contributed by atoms with Gasteiger partial charge in [0, 0.05) is 23.3 Å².